The number of aromatic nitrogens is 1. The number of methoxy groups -OCH3 is 1. The molecule has 43 heavy (non-hydrogen) atoms. The number of carbonyl (C=O) groups is 2. The number of amides is 2. The summed E-state index contributed by atoms with van der Waals surface area (Å²) in [7, 11) is 5.16. The number of hydrogen-bond donors (Lipinski definition) is 1. The molecule has 1 aliphatic rings. The van der Waals surface area contributed by atoms with Crippen molar-refractivity contribution >= 4 is 22.9 Å². The maximum absolute atomic E-state index is 14.5. The molecule has 9 heteroatoms. The molecule has 3 aromatic carbocycles. The van der Waals surface area contributed by atoms with E-state index in [4.69, 9.17) is 14.2 Å². The van der Waals surface area contributed by atoms with Crippen LogP contribution in [-0.4, -0.2) is 77.5 Å². The number of ether oxygens (including phenoxy) is 3. The molecule has 226 valence electrons. The Morgan fingerprint density at radius 3 is 2.47 bits per heavy atom. The number of nitrogens with zero attached hydrogens (tertiary/aromatic N) is 3. The molecule has 0 fully saturated rings. The lowest BCUT2D eigenvalue weighted by molar-refractivity contribution is -0.0206. The first-order chi connectivity index (χ1) is 20.7. The average Bonchev–Trinajstić information content (AvgIpc) is 3.32. The molecule has 1 N–H and O–H groups in total. The van der Waals surface area contributed by atoms with Crippen LogP contribution < -0.4 is 9.47 Å². The minimum absolute atomic E-state index is 0.162. The molecular formula is C34H39N3O6. The molecule has 0 aliphatic carbocycles. The third-order valence-electron chi connectivity index (χ3n) is 8.26. The highest BCUT2D eigenvalue weighted by Crippen LogP contribution is 2.38. The summed E-state index contributed by atoms with van der Waals surface area (Å²) in [6.07, 6.45) is -0.952. The number of rotatable bonds is 6. The van der Waals surface area contributed by atoms with E-state index >= 15 is 0 Å². The van der Waals surface area contributed by atoms with E-state index in [1.807, 2.05) is 74.0 Å². The van der Waals surface area contributed by atoms with E-state index in [1.165, 1.54) is 4.90 Å². The zero-order valence-electron chi connectivity index (χ0n) is 25.3. The Morgan fingerprint density at radius 2 is 1.74 bits per heavy atom. The van der Waals surface area contributed by atoms with Crippen molar-refractivity contribution in [2.75, 3.05) is 33.9 Å². The molecule has 3 atom stereocenters. The van der Waals surface area contributed by atoms with Gasteiger partial charge in [-0.15, -0.1) is 0 Å². The molecule has 1 aliphatic heterocycles. The molecule has 0 unspecified atom stereocenters. The zero-order valence-corrected chi connectivity index (χ0v) is 25.3. The van der Waals surface area contributed by atoms with Crippen molar-refractivity contribution in [2.24, 2.45) is 13.0 Å². The van der Waals surface area contributed by atoms with Gasteiger partial charge in [-0.25, -0.2) is 4.79 Å². The molecule has 0 saturated heterocycles. The second-order valence-corrected chi connectivity index (χ2v) is 11.2. The van der Waals surface area contributed by atoms with Crippen LogP contribution in [0.15, 0.2) is 72.8 Å². The highest BCUT2D eigenvalue weighted by Gasteiger charge is 2.34. The fraction of sp³-hybridized carbons (Fsp3) is 0.353. The molecule has 0 bridgehead atoms. The highest BCUT2D eigenvalue weighted by atomic mass is 16.6. The minimum atomic E-state index is -0.522. The summed E-state index contributed by atoms with van der Waals surface area (Å²) in [5.74, 6) is 0.725. The summed E-state index contributed by atoms with van der Waals surface area (Å²) < 4.78 is 19.3. The van der Waals surface area contributed by atoms with Crippen molar-refractivity contribution in [2.45, 2.75) is 32.6 Å². The van der Waals surface area contributed by atoms with Gasteiger partial charge in [0.1, 0.15) is 17.2 Å². The second kappa shape index (κ2) is 12.9. The van der Waals surface area contributed by atoms with Crippen LogP contribution in [0, 0.1) is 5.92 Å². The molecule has 2 heterocycles. The molecule has 0 radical (unpaired) electrons. The van der Waals surface area contributed by atoms with Gasteiger partial charge in [0.2, 0.25) is 0 Å². The third-order valence-corrected chi connectivity index (χ3v) is 8.26. The predicted molar refractivity (Wildman–Crippen MR) is 165 cm³/mol. The van der Waals surface area contributed by atoms with Crippen molar-refractivity contribution in [1.82, 2.24) is 14.4 Å². The quantitative estimate of drug-likeness (QED) is 0.328. The molecule has 4 aromatic rings. The fourth-order valence-corrected chi connectivity index (χ4v) is 5.69. The zero-order chi connectivity index (χ0) is 30.7. The average molecular weight is 586 g/mol. The SMILES string of the molecule is COc1ccc(OC(=O)N(C)C[C@H]2OCc3ccccc3-c3c(n(C)c4ccccc34)C(=O)N([C@H](C)CO)C[C@H]2C)cc1. The number of benzene rings is 3. The van der Waals surface area contributed by atoms with Gasteiger partial charge in [0.05, 0.1) is 39.0 Å². The third kappa shape index (κ3) is 6.09. The maximum Gasteiger partial charge on any atom is 0.415 e. The Labute approximate surface area is 252 Å². The van der Waals surface area contributed by atoms with Gasteiger partial charge in [0, 0.05) is 43.0 Å². The number of aryl methyl sites for hydroxylation is 1. The van der Waals surface area contributed by atoms with Crippen molar-refractivity contribution in [3.05, 3.63) is 84.1 Å². The molecule has 2 amide bonds. The Kier molecular flexibility index (Phi) is 9.03. The summed E-state index contributed by atoms with van der Waals surface area (Å²) >= 11 is 0. The Bertz CT molecular complexity index is 1600. The fourth-order valence-electron chi connectivity index (χ4n) is 5.69. The van der Waals surface area contributed by atoms with Gasteiger partial charge >= 0.3 is 6.09 Å². The Balaban J connectivity index is 1.51. The number of carbonyl (C=O) groups excluding carboxylic acids is 2. The van der Waals surface area contributed by atoms with E-state index in [9.17, 15) is 14.7 Å². The van der Waals surface area contributed by atoms with E-state index < -0.39 is 18.2 Å². The van der Waals surface area contributed by atoms with Crippen LogP contribution in [0.25, 0.3) is 22.0 Å². The van der Waals surface area contributed by atoms with E-state index in [0.29, 0.717) is 30.3 Å². The number of aliphatic hydroxyl groups excluding tert-OH is 1. The summed E-state index contributed by atoms with van der Waals surface area (Å²) in [5.41, 5.74) is 4.23. The van der Waals surface area contributed by atoms with Crippen molar-refractivity contribution in [3.8, 4) is 22.6 Å². The van der Waals surface area contributed by atoms with Gasteiger partial charge in [-0.2, -0.15) is 0 Å². The lowest BCUT2D eigenvalue weighted by Gasteiger charge is -2.34. The molecule has 0 saturated carbocycles. The van der Waals surface area contributed by atoms with Crippen LogP contribution in [0.4, 0.5) is 4.79 Å². The highest BCUT2D eigenvalue weighted by molar-refractivity contribution is 6.10. The van der Waals surface area contributed by atoms with Gasteiger partial charge in [-0.05, 0) is 48.4 Å². The Hall–Kier alpha value is -4.34. The molecular weight excluding hydrogens is 546 g/mol. The van der Waals surface area contributed by atoms with Crippen molar-refractivity contribution in [1.29, 1.82) is 0 Å². The second-order valence-electron chi connectivity index (χ2n) is 11.2. The molecule has 1 aromatic heterocycles. The predicted octanol–water partition coefficient (Wildman–Crippen LogP) is 5.34. The maximum atomic E-state index is 14.5. The van der Waals surface area contributed by atoms with Crippen molar-refractivity contribution in [3.63, 3.8) is 0 Å². The van der Waals surface area contributed by atoms with Crippen LogP contribution in [0.2, 0.25) is 0 Å². The number of para-hydroxylation sites is 1. The summed E-state index contributed by atoms with van der Waals surface area (Å²) in [4.78, 5) is 30.7. The van der Waals surface area contributed by atoms with Crippen LogP contribution >= 0.6 is 0 Å². The van der Waals surface area contributed by atoms with Gasteiger partial charge < -0.3 is 33.7 Å². The van der Waals surface area contributed by atoms with Gasteiger partial charge in [0.25, 0.3) is 5.91 Å². The van der Waals surface area contributed by atoms with Crippen LogP contribution in [-0.2, 0) is 18.4 Å². The largest absolute Gasteiger partial charge is 0.497 e. The van der Waals surface area contributed by atoms with Crippen LogP contribution in [0.3, 0.4) is 0 Å². The minimum Gasteiger partial charge on any atom is -0.497 e. The topological polar surface area (TPSA) is 93.5 Å². The van der Waals surface area contributed by atoms with E-state index in [1.54, 1.807) is 43.3 Å². The number of aliphatic hydroxyl groups is 1. The van der Waals surface area contributed by atoms with Crippen LogP contribution in [0.5, 0.6) is 11.5 Å². The first-order valence-electron chi connectivity index (χ1n) is 14.5. The first kappa shape index (κ1) is 30.1. The molecule has 9 nitrogen and oxygen atoms in total. The van der Waals surface area contributed by atoms with E-state index in [0.717, 1.165) is 27.6 Å². The summed E-state index contributed by atoms with van der Waals surface area (Å²) in [6, 6.07) is 22.3. The summed E-state index contributed by atoms with van der Waals surface area (Å²) in [6.45, 7) is 4.51. The van der Waals surface area contributed by atoms with Gasteiger partial charge in [0.15, 0.2) is 0 Å². The lowest BCUT2D eigenvalue weighted by atomic mass is 9.96. The summed E-state index contributed by atoms with van der Waals surface area (Å²) in [5, 5.41) is 11.2. The van der Waals surface area contributed by atoms with Gasteiger partial charge in [-0.1, -0.05) is 49.4 Å². The number of hydrogen-bond acceptors (Lipinski definition) is 6. The number of fused-ring (bicyclic) bond motifs is 5. The lowest BCUT2D eigenvalue weighted by Crippen LogP contribution is -2.48. The van der Waals surface area contributed by atoms with Gasteiger partial charge in [-0.3, -0.25) is 4.79 Å². The standard InChI is InChI=1S/C34H39N3O6/c1-22-18-37(23(2)20-38)33(39)32-31(28-12-8-9-13-29(28)36(32)4)27-11-7-6-10-24(27)21-42-30(22)19-35(3)34(40)43-26-16-14-25(41-5)15-17-26/h6-17,22-23,30,38H,18-21H2,1-5H3/t22-,23-,30-/m1/s1. The normalized spacial score (nSPS) is 17.9. The molecule has 0 spiro atoms. The van der Waals surface area contributed by atoms with E-state index in [-0.39, 0.29) is 25.0 Å². The van der Waals surface area contributed by atoms with E-state index in [2.05, 4.69) is 0 Å². The smallest absolute Gasteiger partial charge is 0.415 e. The Morgan fingerprint density at radius 1 is 1.07 bits per heavy atom. The monoisotopic (exact) mass is 585 g/mol. The number of likely N-dealkylation sites (N-methyl/N-ethyl adjacent to an activating group) is 1. The van der Waals surface area contributed by atoms with Crippen molar-refractivity contribution < 1.29 is 28.9 Å². The van der Waals surface area contributed by atoms with Crippen LogP contribution in [0.1, 0.15) is 29.9 Å². The molecule has 5 rings (SSSR count). The first-order valence-corrected chi connectivity index (χ1v) is 14.5.